The average Bonchev–Trinajstić information content (AvgIpc) is 3.64. The van der Waals surface area contributed by atoms with Gasteiger partial charge in [0.1, 0.15) is 11.9 Å². The van der Waals surface area contributed by atoms with Crippen molar-refractivity contribution in [1.82, 2.24) is 25.6 Å². The van der Waals surface area contributed by atoms with Crippen LogP contribution in [0.25, 0.3) is 0 Å². The molecule has 1 fully saturated rings. The maximum atomic E-state index is 13.4. The summed E-state index contributed by atoms with van der Waals surface area (Å²) in [6, 6.07) is 5.97. The van der Waals surface area contributed by atoms with E-state index in [0.717, 1.165) is 6.07 Å². The van der Waals surface area contributed by atoms with E-state index in [1.165, 1.54) is 43.1 Å². The highest BCUT2D eigenvalue weighted by Gasteiger charge is 2.51. The molecule has 0 radical (unpaired) electrons. The molecule has 5 N–H and O–H groups in total. The van der Waals surface area contributed by atoms with E-state index in [-0.39, 0.29) is 29.2 Å². The number of aromatic nitrogens is 3. The highest BCUT2D eigenvalue weighted by atomic mass is 19.4. The number of hydrogen-bond acceptors (Lipinski definition) is 8. The van der Waals surface area contributed by atoms with Crippen molar-refractivity contribution >= 4 is 29.3 Å². The van der Waals surface area contributed by atoms with Crippen molar-refractivity contribution in [1.29, 1.82) is 0 Å². The smallest absolute Gasteiger partial charge is 0.407 e. The van der Waals surface area contributed by atoms with Gasteiger partial charge in [0.25, 0.3) is 0 Å². The first-order valence-electron chi connectivity index (χ1n) is 10.8. The Hall–Kier alpha value is -4.75. The summed E-state index contributed by atoms with van der Waals surface area (Å²) in [7, 11) is 0. The fourth-order valence-corrected chi connectivity index (χ4v) is 3.34. The molecular formula is C23H20F3N7O4. The molecule has 0 aliphatic heterocycles. The van der Waals surface area contributed by atoms with Crippen molar-refractivity contribution < 1.29 is 32.3 Å². The first-order chi connectivity index (χ1) is 17.6. The van der Waals surface area contributed by atoms with Gasteiger partial charge in [-0.3, -0.25) is 14.6 Å². The number of primary amides is 1. The summed E-state index contributed by atoms with van der Waals surface area (Å²) in [4.78, 5) is 47.6. The Kier molecular flexibility index (Phi) is 6.91. The third-order valence-electron chi connectivity index (χ3n) is 5.42. The van der Waals surface area contributed by atoms with Gasteiger partial charge in [-0.05, 0) is 43.2 Å². The zero-order valence-electron chi connectivity index (χ0n) is 19.0. The number of pyridine rings is 1. The Morgan fingerprint density at radius 3 is 2.38 bits per heavy atom. The van der Waals surface area contributed by atoms with E-state index >= 15 is 0 Å². The summed E-state index contributed by atoms with van der Waals surface area (Å²) in [5.74, 6) is -1.28. The summed E-state index contributed by atoms with van der Waals surface area (Å²) < 4.78 is 45.4. The molecule has 0 saturated heterocycles. The van der Waals surface area contributed by atoms with Crippen LogP contribution in [0.5, 0.6) is 5.75 Å². The minimum Gasteiger partial charge on any atom is -0.407 e. The van der Waals surface area contributed by atoms with E-state index in [0.29, 0.717) is 24.6 Å². The van der Waals surface area contributed by atoms with Gasteiger partial charge >= 0.3 is 12.3 Å². The van der Waals surface area contributed by atoms with Crippen LogP contribution in [0, 0.1) is 0 Å². The van der Waals surface area contributed by atoms with E-state index in [2.05, 4.69) is 30.9 Å². The highest BCUT2D eigenvalue weighted by molar-refractivity contribution is 5.94. The van der Waals surface area contributed by atoms with Crippen LogP contribution < -0.4 is 26.4 Å². The number of alkyl halides is 3. The van der Waals surface area contributed by atoms with Crippen molar-refractivity contribution in [3.63, 3.8) is 0 Å². The third kappa shape index (κ3) is 6.28. The first kappa shape index (κ1) is 25.3. The molecule has 1 saturated carbocycles. The van der Waals surface area contributed by atoms with Crippen molar-refractivity contribution in [3.05, 3.63) is 72.1 Å². The Morgan fingerprint density at radius 1 is 1.05 bits per heavy atom. The van der Waals surface area contributed by atoms with Crippen molar-refractivity contribution in [3.8, 4) is 5.75 Å². The van der Waals surface area contributed by atoms with Gasteiger partial charge in [0.05, 0.1) is 47.8 Å². The number of halogens is 3. The van der Waals surface area contributed by atoms with Crippen molar-refractivity contribution in [2.45, 2.75) is 31.1 Å². The molecule has 2 heterocycles. The maximum Gasteiger partial charge on any atom is 0.418 e. The number of benzene rings is 1. The minimum atomic E-state index is -4.72. The number of hydrogen-bond donors (Lipinski definition) is 4. The quantitative estimate of drug-likeness (QED) is 0.356. The van der Waals surface area contributed by atoms with Gasteiger partial charge in [0.15, 0.2) is 5.75 Å². The number of nitrogens with one attached hydrogen (secondary N) is 3. The second-order valence-corrected chi connectivity index (χ2v) is 8.14. The van der Waals surface area contributed by atoms with Gasteiger partial charge < -0.3 is 26.4 Å². The van der Waals surface area contributed by atoms with E-state index in [1.807, 2.05) is 0 Å². The predicted octanol–water partition coefficient (Wildman–Crippen LogP) is 2.67. The third-order valence-corrected chi connectivity index (χ3v) is 5.42. The molecule has 0 spiro atoms. The van der Waals surface area contributed by atoms with E-state index in [4.69, 9.17) is 10.5 Å². The lowest BCUT2D eigenvalue weighted by atomic mass is 10.1. The molecule has 192 valence electrons. The standard InChI is InChI=1S/C23H20F3N7O4/c24-23(25,26)17-7-13(19(27)34)1-4-18(17)32-15-3-2-14(30-9-15)8-31-20(35)22(5-6-22)33-21(36)37-16-10-28-12-29-11-16/h1-4,7,9-12,32H,5-6,8H2,(H2,27,34)(H,31,35)(H,33,36). The van der Waals surface area contributed by atoms with Crippen LogP contribution in [0.4, 0.5) is 29.3 Å². The number of nitrogens with two attached hydrogens (primary N) is 1. The predicted molar refractivity (Wildman–Crippen MR) is 122 cm³/mol. The van der Waals surface area contributed by atoms with E-state index in [9.17, 15) is 27.6 Å². The lowest BCUT2D eigenvalue weighted by Crippen LogP contribution is -2.49. The molecule has 3 amide bonds. The number of amides is 3. The number of rotatable bonds is 8. The lowest BCUT2D eigenvalue weighted by molar-refractivity contribution is -0.137. The molecule has 0 atom stereocenters. The fourth-order valence-electron chi connectivity index (χ4n) is 3.34. The van der Waals surface area contributed by atoms with Crippen LogP contribution in [-0.4, -0.2) is 38.4 Å². The molecule has 0 unspecified atom stereocenters. The Bertz CT molecular complexity index is 1310. The summed E-state index contributed by atoms with van der Waals surface area (Å²) >= 11 is 0. The molecule has 3 aromatic rings. The maximum absolute atomic E-state index is 13.4. The number of anilines is 2. The Balaban J connectivity index is 1.34. The monoisotopic (exact) mass is 515 g/mol. The van der Waals surface area contributed by atoms with Gasteiger partial charge in [0.2, 0.25) is 11.8 Å². The number of carbonyl (C=O) groups is 3. The van der Waals surface area contributed by atoms with Crippen LogP contribution in [0.1, 0.15) is 34.5 Å². The second-order valence-electron chi connectivity index (χ2n) is 8.14. The lowest BCUT2D eigenvalue weighted by Gasteiger charge is -2.17. The van der Waals surface area contributed by atoms with Gasteiger partial charge in [-0.15, -0.1) is 0 Å². The molecule has 1 aliphatic carbocycles. The molecule has 0 bridgehead atoms. The van der Waals surface area contributed by atoms with E-state index in [1.54, 1.807) is 0 Å². The van der Waals surface area contributed by atoms with Gasteiger partial charge in [-0.2, -0.15) is 13.2 Å². The van der Waals surface area contributed by atoms with Crippen LogP contribution in [0.15, 0.2) is 55.2 Å². The summed E-state index contributed by atoms with van der Waals surface area (Å²) in [5, 5.41) is 7.83. The minimum absolute atomic E-state index is 0.0191. The Labute approximate surface area is 207 Å². The molecule has 11 nitrogen and oxygen atoms in total. The van der Waals surface area contributed by atoms with Crippen LogP contribution in [0.2, 0.25) is 0 Å². The molecule has 1 aromatic carbocycles. The largest absolute Gasteiger partial charge is 0.418 e. The van der Waals surface area contributed by atoms with Crippen LogP contribution in [0.3, 0.4) is 0 Å². The second kappa shape index (κ2) is 10.1. The molecule has 4 rings (SSSR count). The number of carbonyl (C=O) groups excluding carboxylic acids is 3. The normalized spacial score (nSPS) is 13.8. The van der Waals surface area contributed by atoms with Gasteiger partial charge in [-0.25, -0.2) is 14.8 Å². The first-order valence-corrected chi connectivity index (χ1v) is 10.8. The zero-order valence-corrected chi connectivity index (χ0v) is 19.0. The molecule has 2 aromatic heterocycles. The molecule has 37 heavy (non-hydrogen) atoms. The summed E-state index contributed by atoms with van der Waals surface area (Å²) in [5.41, 5.74) is 3.06. The van der Waals surface area contributed by atoms with E-state index < -0.39 is 35.2 Å². The van der Waals surface area contributed by atoms with Crippen molar-refractivity contribution in [2.24, 2.45) is 5.73 Å². The van der Waals surface area contributed by atoms with Gasteiger partial charge in [0, 0.05) is 5.56 Å². The summed E-state index contributed by atoms with van der Waals surface area (Å²) in [6.07, 6.45) is 0.482. The SMILES string of the molecule is NC(=O)c1ccc(Nc2ccc(CNC(=O)C3(NC(=O)Oc4cncnc4)CC3)nc2)c(C(F)(F)F)c1. The van der Waals surface area contributed by atoms with Crippen LogP contribution >= 0.6 is 0 Å². The topological polar surface area (TPSA) is 161 Å². The average molecular weight is 515 g/mol. The molecular weight excluding hydrogens is 495 g/mol. The number of ether oxygens (including phenoxy) is 1. The fraction of sp³-hybridized carbons (Fsp3) is 0.217. The highest BCUT2D eigenvalue weighted by Crippen LogP contribution is 2.37. The van der Waals surface area contributed by atoms with Crippen LogP contribution in [-0.2, 0) is 17.5 Å². The Morgan fingerprint density at radius 2 is 1.78 bits per heavy atom. The molecule has 14 heteroatoms. The zero-order chi connectivity index (χ0) is 26.6. The van der Waals surface area contributed by atoms with Crippen molar-refractivity contribution in [2.75, 3.05) is 5.32 Å². The number of nitrogens with zero attached hydrogens (tertiary/aromatic N) is 3. The summed E-state index contributed by atoms with van der Waals surface area (Å²) in [6.45, 7) is 0.0191. The van der Waals surface area contributed by atoms with Gasteiger partial charge in [-0.1, -0.05) is 0 Å². The molecule has 1 aliphatic rings.